The van der Waals surface area contributed by atoms with E-state index in [1.807, 2.05) is 27.2 Å². The van der Waals surface area contributed by atoms with Gasteiger partial charge in [-0.1, -0.05) is 136 Å². The number of carbonyl (C=O) groups is 1. The van der Waals surface area contributed by atoms with E-state index in [0.29, 0.717) is 17.4 Å². The van der Waals surface area contributed by atoms with Gasteiger partial charge >= 0.3 is 5.97 Å². The molecule has 0 fully saturated rings. The molecular formula is C36H72NO7P. The van der Waals surface area contributed by atoms with Gasteiger partial charge in [-0.15, -0.1) is 0 Å². The zero-order chi connectivity index (χ0) is 33.5. The van der Waals surface area contributed by atoms with E-state index in [4.69, 9.17) is 18.5 Å². The molecule has 9 heteroatoms. The summed E-state index contributed by atoms with van der Waals surface area (Å²) in [5.41, 5.74) is 0. The summed E-state index contributed by atoms with van der Waals surface area (Å²) in [6, 6.07) is 0. The quantitative estimate of drug-likeness (QED) is 0.0223. The maximum Gasteiger partial charge on any atom is 0.306 e. The van der Waals surface area contributed by atoms with E-state index in [-0.39, 0.29) is 25.8 Å². The Morgan fingerprint density at radius 1 is 0.689 bits per heavy atom. The zero-order valence-electron chi connectivity index (χ0n) is 30.1. The van der Waals surface area contributed by atoms with Crippen LogP contribution in [0, 0.1) is 0 Å². The number of ether oxygens (including phenoxy) is 2. The SMILES string of the molecule is CCCCCCCCCCCCCC/C=C\OC[C@H](COP(=O)([O-])OCC[N+](C)(C)C)OC(=O)CCCCCCCCCCC. The van der Waals surface area contributed by atoms with E-state index < -0.39 is 13.9 Å². The number of esters is 1. The normalized spacial score (nSPS) is 14.1. The summed E-state index contributed by atoms with van der Waals surface area (Å²) in [5.74, 6) is -0.359. The minimum atomic E-state index is -4.52. The predicted octanol–water partition coefficient (Wildman–Crippen LogP) is 9.65. The van der Waals surface area contributed by atoms with Gasteiger partial charge in [-0.3, -0.25) is 9.36 Å². The van der Waals surface area contributed by atoms with E-state index in [9.17, 15) is 14.3 Å². The monoisotopic (exact) mass is 662 g/mol. The molecule has 0 aromatic rings. The first-order chi connectivity index (χ1) is 21.6. The lowest BCUT2D eigenvalue weighted by Gasteiger charge is -2.28. The largest absolute Gasteiger partial charge is 0.756 e. The number of allylic oxidation sites excluding steroid dienone is 1. The van der Waals surface area contributed by atoms with Crippen molar-refractivity contribution in [2.45, 2.75) is 168 Å². The van der Waals surface area contributed by atoms with E-state index in [1.54, 1.807) is 6.26 Å². The number of quaternary nitrogens is 1. The molecule has 0 aromatic heterocycles. The van der Waals surface area contributed by atoms with Gasteiger partial charge in [0, 0.05) is 6.42 Å². The Bertz CT molecular complexity index is 741. The lowest BCUT2D eigenvalue weighted by Crippen LogP contribution is -2.37. The predicted molar refractivity (Wildman–Crippen MR) is 185 cm³/mol. The van der Waals surface area contributed by atoms with Gasteiger partial charge in [0.1, 0.15) is 19.8 Å². The second-order valence-electron chi connectivity index (χ2n) is 13.7. The average Bonchev–Trinajstić information content (AvgIpc) is 2.98. The highest BCUT2D eigenvalue weighted by molar-refractivity contribution is 7.45. The number of unbranched alkanes of at least 4 members (excludes halogenated alkanes) is 20. The second kappa shape index (κ2) is 30.4. The molecule has 0 saturated carbocycles. The highest BCUT2D eigenvalue weighted by Crippen LogP contribution is 2.38. The third kappa shape index (κ3) is 34.2. The molecule has 45 heavy (non-hydrogen) atoms. The van der Waals surface area contributed by atoms with E-state index in [0.717, 1.165) is 32.1 Å². The summed E-state index contributed by atoms with van der Waals surface area (Å²) in [7, 11) is 1.33. The molecule has 0 N–H and O–H groups in total. The Labute approximate surface area is 278 Å². The van der Waals surface area contributed by atoms with Crippen LogP contribution in [-0.4, -0.2) is 64.1 Å². The smallest absolute Gasteiger partial charge is 0.306 e. The molecule has 0 aliphatic carbocycles. The summed E-state index contributed by atoms with van der Waals surface area (Å²) in [5, 5.41) is 0. The number of rotatable bonds is 34. The average molecular weight is 662 g/mol. The minimum Gasteiger partial charge on any atom is -0.756 e. The molecule has 8 nitrogen and oxygen atoms in total. The number of likely N-dealkylation sites (N-methyl/N-ethyl adjacent to an activating group) is 1. The van der Waals surface area contributed by atoms with Crippen molar-refractivity contribution in [2.75, 3.05) is 47.5 Å². The molecule has 1 unspecified atom stereocenters. The van der Waals surface area contributed by atoms with Gasteiger partial charge < -0.3 is 27.9 Å². The van der Waals surface area contributed by atoms with Crippen molar-refractivity contribution in [1.82, 2.24) is 0 Å². The first-order valence-electron chi connectivity index (χ1n) is 18.5. The molecule has 0 rings (SSSR count). The van der Waals surface area contributed by atoms with Crippen LogP contribution in [0.2, 0.25) is 0 Å². The number of phosphoric acid groups is 1. The van der Waals surface area contributed by atoms with Crippen LogP contribution < -0.4 is 4.89 Å². The van der Waals surface area contributed by atoms with Gasteiger partial charge in [-0.25, -0.2) is 0 Å². The van der Waals surface area contributed by atoms with Crippen LogP contribution in [0.25, 0.3) is 0 Å². The van der Waals surface area contributed by atoms with Crippen molar-refractivity contribution in [3.05, 3.63) is 12.3 Å². The van der Waals surface area contributed by atoms with Crippen molar-refractivity contribution in [3.8, 4) is 0 Å². The highest BCUT2D eigenvalue weighted by Gasteiger charge is 2.20. The number of phosphoric ester groups is 1. The standard InChI is InChI=1S/C36H72NO7P/c1-6-8-10-12-14-16-17-18-19-20-22-24-26-28-31-41-33-35(34-43-45(39,40)42-32-30-37(3,4)5)44-36(38)29-27-25-23-21-15-13-11-9-7-2/h28,31,35H,6-27,29-30,32-34H2,1-5H3/b31-28-/t35-/m1/s1. The summed E-state index contributed by atoms with van der Waals surface area (Å²) in [6.45, 7) is 4.71. The molecule has 0 aliphatic heterocycles. The Kier molecular flexibility index (Phi) is 29.8. The van der Waals surface area contributed by atoms with Gasteiger partial charge in [0.15, 0.2) is 6.10 Å². The fourth-order valence-corrected chi connectivity index (χ4v) is 5.71. The lowest BCUT2D eigenvalue weighted by molar-refractivity contribution is -0.870. The van der Waals surface area contributed by atoms with Crippen LogP contribution in [0.15, 0.2) is 12.3 Å². The van der Waals surface area contributed by atoms with E-state index in [1.165, 1.54) is 109 Å². The van der Waals surface area contributed by atoms with Gasteiger partial charge in [-0.2, -0.15) is 0 Å². The Morgan fingerprint density at radius 3 is 1.64 bits per heavy atom. The van der Waals surface area contributed by atoms with Crippen LogP contribution in [0.1, 0.15) is 162 Å². The Balaban J connectivity index is 4.34. The summed E-state index contributed by atoms with van der Waals surface area (Å²) in [4.78, 5) is 24.8. The van der Waals surface area contributed by atoms with Crippen LogP contribution >= 0.6 is 7.82 Å². The maximum absolute atomic E-state index is 12.5. The van der Waals surface area contributed by atoms with E-state index in [2.05, 4.69) is 13.8 Å². The number of carbonyl (C=O) groups excluding carboxylic acids is 1. The van der Waals surface area contributed by atoms with Crippen molar-refractivity contribution in [1.29, 1.82) is 0 Å². The summed E-state index contributed by atoms with van der Waals surface area (Å²) < 4.78 is 34.1. The number of nitrogens with zero attached hydrogens (tertiary/aromatic N) is 1. The fourth-order valence-electron chi connectivity index (χ4n) is 4.98. The Hall–Kier alpha value is -0.920. The molecule has 0 spiro atoms. The minimum absolute atomic E-state index is 0.0195. The maximum atomic E-state index is 12.5. The fraction of sp³-hybridized carbons (Fsp3) is 0.917. The molecule has 0 bridgehead atoms. The molecule has 0 radical (unpaired) electrons. The lowest BCUT2D eigenvalue weighted by atomic mass is 10.0. The molecule has 268 valence electrons. The van der Waals surface area contributed by atoms with Gasteiger partial charge in [0.2, 0.25) is 0 Å². The summed E-state index contributed by atoms with van der Waals surface area (Å²) in [6.07, 6.45) is 30.3. The number of hydrogen-bond donors (Lipinski definition) is 0. The Morgan fingerprint density at radius 2 is 1.16 bits per heavy atom. The molecular weight excluding hydrogens is 589 g/mol. The highest BCUT2D eigenvalue weighted by atomic mass is 31.2. The van der Waals surface area contributed by atoms with Gasteiger partial charge in [0.05, 0.1) is 34.0 Å². The van der Waals surface area contributed by atoms with E-state index >= 15 is 0 Å². The molecule has 0 aromatic carbocycles. The van der Waals surface area contributed by atoms with Crippen molar-refractivity contribution < 1.29 is 37.3 Å². The second-order valence-corrected chi connectivity index (χ2v) is 15.1. The van der Waals surface area contributed by atoms with Crippen molar-refractivity contribution in [2.24, 2.45) is 0 Å². The van der Waals surface area contributed by atoms with Crippen molar-refractivity contribution in [3.63, 3.8) is 0 Å². The van der Waals surface area contributed by atoms with Crippen LogP contribution in [0.4, 0.5) is 0 Å². The van der Waals surface area contributed by atoms with Crippen LogP contribution in [0.3, 0.4) is 0 Å². The molecule has 0 aliphatic rings. The third-order valence-electron chi connectivity index (χ3n) is 7.91. The topological polar surface area (TPSA) is 94.1 Å². The first-order valence-corrected chi connectivity index (χ1v) is 19.9. The summed E-state index contributed by atoms with van der Waals surface area (Å²) >= 11 is 0. The number of hydrogen-bond acceptors (Lipinski definition) is 7. The molecule has 2 atom stereocenters. The molecule has 0 heterocycles. The molecule has 0 saturated heterocycles. The van der Waals surface area contributed by atoms with Crippen LogP contribution in [-0.2, 0) is 27.9 Å². The van der Waals surface area contributed by atoms with Gasteiger partial charge in [0.25, 0.3) is 7.82 Å². The van der Waals surface area contributed by atoms with Crippen LogP contribution in [0.5, 0.6) is 0 Å². The third-order valence-corrected chi connectivity index (χ3v) is 8.88. The zero-order valence-corrected chi connectivity index (χ0v) is 31.0. The first kappa shape index (κ1) is 44.1. The van der Waals surface area contributed by atoms with Gasteiger partial charge in [-0.05, 0) is 25.3 Å². The van der Waals surface area contributed by atoms with Crippen molar-refractivity contribution >= 4 is 13.8 Å². The molecule has 0 amide bonds.